The fourth-order valence-electron chi connectivity index (χ4n) is 7.38. The molecule has 11 heteroatoms. The predicted molar refractivity (Wildman–Crippen MR) is 190 cm³/mol. The Hall–Kier alpha value is -4.87. The second-order valence-electron chi connectivity index (χ2n) is 13.4. The molecule has 0 radical (unpaired) electrons. The summed E-state index contributed by atoms with van der Waals surface area (Å²) in [6, 6.07) is 9.92. The molecule has 3 aromatic carbocycles. The van der Waals surface area contributed by atoms with E-state index in [2.05, 4.69) is 16.7 Å². The van der Waals surface area contributed by atoms with Gasteiger partial charge in [-0.1, -0.05) is 24.3 Å². The van der Waals surface area contributed by atoms with Crippen molar-refractivity contribution in [1.29, 1.82) is 0 Å². The zero-order valence-corrected chi connectivity index (χ0v) is 28.9. The number of anilines is 1. The lowest BCUT2D eigenvalue weighted by Crippen LogP contribution is -2.35. The number of methoxy groups -OCH3 is 1. The summed E-state index contributed by atoms with van der Waals surface area (Å²) in [7, 11) is 3.70. The minimum Gasteiger partial charge on any atom is -0.488 e. The van der Waals surface area contributed by atoms with Crippen LogP contribution in [0.1, 0.15) is 66.0 Å². The van der Waals surface area contributed by atoms with Crippen molar-refractivity contribution in [2.24, 2.45) is 7.05 Å². The molecule has 7 rings (SSSR count). The Balaban J connectivity index is 1.15. The lowest BCUT2D eigenvalue weighted by atomic mass is 9.93. The van der Waals surface area contributed by atoms with Gasteiger partial charge in [0.05, 0.1) is 23.2 Å². The van der Waals surface area contributed by atoms with Gasteiger partial charge in [-0.2, -0.15) is 0 Å². The van der Waals surface area contributed by atoms with Gasteiger partial charge >= 0.3 is 0 Å². The van der Waals surface area contributed by atoms with Crippen LogP contribution in [0.25, 0.3) is 33.1 Å². The van der Waals surface area contributed by atoms with Crippen LogP contribution in [0.4, 0.5) is 14.5 Å². The van der Waals surface area contributed by atoms with E-state index in [1.165, 1.54) is 6.08 Å². The van der Waals surface area contributed by atoms with E-state index in [0.717, 1.165) is 76.9 Å². The highest BCUT2D eigenvalue weighted by Gasteiger charge is 2.29. The third-order valence-electron chi connectivity index (χ3n) is 10.2. The Morgan fingerprint density at radius 3 is 2.56 bits per heavy atom. The van der Waals surface area contributed by atoms with E-state index < -0.39 is 29.0 Å². The highest BCUT2D eigenvalue weighted by Crippen LogP contribution is 2.45. The first-order valence-electron chi connectivity index (χ1n) is 17.1. The largest absolute Gasteiger partial charge is 0.488 e. The molecule has 1 fully saturated rings. The minimum atomic E-state index is -1.04. The van der Waals surface area contributed by atoms with E-state index >= 15 is 8.78 Å². The summed E-state index contributed by atoms with van der Waals surface area (Å²) in [5, 5.41) is 6.33. The van der Waals surface area contributed by atoms with E-state index in [0.29, 0.717) is 42.0 Å². The maximum atomic E-state index is 15.4. The summed E-state index contributed by atoms with van der Waals surface area (Å²) in [5.74, 6) is -1.71. The third kappa shape index (κ3) is 5.98. The number of carbonyl (C=O) groups excluding carboxylic acids is 2. The van der Waals surface area contributed by atoms with Crippen LogP contribution in [0, 0.1) is 25.5 Å². The van der Waals surface area contributed by atoms with Gasteiger partial charge in [-0.15, -0.1) is 0 Å². The quantitative estimate of drug-likeness (QED) is 0.132. The van der Waals surface area contributed by atoms with E-state index in [-0.39, 0.29) is 11.6 Å². The van der Waals surface area contributed by atoms with Gasteiger partial charge in [-0.25, -0.2) is 13.8 Å². The number of nitrogens with zero attached hydrogens (tertiary/aromatic N) is 3. The number of carbonyl (C=O) groups is 2. The molecular weight excluding hydrogens is 640 g/mol. The third-order valence-corrected chi connectivity index (χ3v) is 10.2. The number of hydrogen-bond donors (Lipinski definition) is 2. The number of halogens is 2. The van der Waals surface area contributed by atoms with Crippen LogP contribution in [-0.4, -0.2) is 58.2 Å². The van der Waals surface area contributed by atoms with Crippen molar-refractivity contribution in [3.05, 3.63) is 88.9 Å². The van der Waals surface area contributed by atoms with Crippen LogP contribution in [0.5, 0.6) is 5.75 Å². The molecule has 260 valence electrons. The average molecular weight is 682 g/mol. The smallest absolute Gasteiger partial charge is 0.248 e. The molecule has 9 nitrogen and oxygen atoms in total. The van der Waals surface area contributed by atoms with E-state index in [1.807, 2.05) is 55.2 Å². The van der Waals surface area contributed by atoms with Crippen LogP contribution < -0.4 is 15.4 Å². The Bertz CT molecular complexity index is 2150. The molecule has 2 aliphatic rings. The van der Waals surface area contributed by atoms with Crippen LogP contribution in [0.3, 0.4) is 0 Å². The topological polar surface area (TPSA) is 99.4 Å². The number of nitrogens with one attached hydrogen (secondary N) is 2. The van der Waals surface area contributed by atoms with Crippen molar-refractivity contribution in [1.82, 2.24) is 19.4 Å². The highest BCUT2D eigenvalue weighted by atomic mass is 19.1. The molecule has 1 aliphatic carbocycles. The molecule has 1 saturated carbocycles. The summed E-state index contributed by atoms with van der Waals surface area (Å²) in [5.41, 5.74) is 4.89. The summed E-state index contributed by atoms with van der Waals surface area (Å²) in [4.78, 5) is 31.3. The molecule has 2 aromatic heterocycles. The number of amides is 1. The summed E-state index contributed by atoms with van der Waals surface area (Å²) in [6.07, 6.45) is 8.83. The second-order valence-corrected chi connectivity index (χ2v) is 13.4. The van der Waals surface area contributed by atoms with Crippen molar-refractivity contribution >= 4 is 39.3 Å². The van der Waals surface area contributed by atoms with Crippen LogP contribution in [0.15, 0.2) is 54.7 Å². The van der Waals surface area contributed by atoms with Gasteiger partial charge in [-0.05, 0) is 70.2 Å². The van der Waals surface area contributed by atoms with Crippen molar-refractivity contribution < 1.29 is 27.8 Å². The second kappa shape index (κ2) is 13.4. The maximum Gasteiger partial charge on any atom is 0.248 e. The SMILES string of the molecule is COC1CCC(NC/C=C/C(=O)Nc2c(F)cc(C(=O)c3cn4c5c(cccc35)-c3c(C)cc5c(nc(C)n5C)c3OC[C@@H]4C)cc2F)CC1. The molecule has 3 heterocycles. The number of hydrogen-bond acceptors (Lipinski definition) is 6. The predicted octanol–water partition coefficient (Wildman–Crippen LogP) is 7.32. The fraction of sp³-hybridized carbons (Fsp3) is 0.359. The monoisotopic (exact) mass is 681 g/mol. The van der Waals surface area contributed by atoms with Gasteiger partial charge in [0, 0.05) is 66.7 Å². The minimum absolute atomic E-state index is 0.161. The number of ether oxygens (including phenoxy) is 2. The summed E-state index contributed by atoms with van der Waals surface area (Å²) < 4.78 is 46.6. The Kier molecular flexibility index (Phi) is 9.04. The van der Waals surface area contributed by atoms with E-state index in [9.17, 15) is 9.59 Å². The van der Waals surface area contributed by atoms with Gasteiger partial charge in [0.2, 0.25) is 5.91 Å². The van der Waals surface area contributed by atoms with Crippen molar-refractivity contribution in [2.75, 3.05) is 25.6 Å². The molecule has 1 amide bonds. The number of fused-ring (bicyclic) bond motifs is 4. The Morgan fingerprint density at radius 2 is 1.84 bits per heavy atom. The lowest BCUT2D eigenvalue weighted by Gasteiger charge is -2.27. The number of ketones is 1. The van der Waals surface area contributed by atoms with Gasteiger partial charge in [-0.3, -0.25) is 9.59 Å². The molecule has 5 aromatic rings. The molecule has 50 heavy (non-hydrogen) atoms. The molecule has 0 spiro atoms. The standard InChI is InChI=1S/C39H41F2N5O4/c1-21-16-32-36(43-23(3)45(32)4)39-34(21)28-9-6-8-27-29(19-46(37(27)28)22(2)20-50-39)38(48)24-17-30(40)35(31(41)18-24)44-33(47)10-7-15-42-25-11-13-26(49-5)14-12-25/h6-10,16-19,22,25-26,42H,11-15,20H2,1-5H3,(H,44,47)/b10-7+/t22-,25?,26?/m0/s1. The van der Waals surface area contributed by atoms with Gasteiger partial charge < -0.3 is 29.2 Å². The van der Waals surface area contributed by atoms with Crippen molar-refractivity contribution in [3.63, 3.8) is 0 Å². The molecule has 1 atom stereocenters. The Labute approximate surface area is 289 Å². The number of aromatic nitrogens is 3. The number of aryl methyl sites for hydroxylation is 3. The zero-order valence-electron chi connectivity index (χ0n) is 28.9. The van der Waals surface area contributed by atoms with Crippen molar-refractivity contribution in [2.45, 2.75) is 64.6 Å². The number of rotatable bonds is 8. The molecule has 1 aliphatic heterocycles. The van der Waals surface area contributed by atoms with E-state index in [1.54, 1.807) is 19.4 Å². The first-order valence-corrected chi connectivity index (χ1v) is 17.1. The van der Waals surface area contributed by atoms with Gasteiger partial charge in [0.1, 0.15) is 35.3 Å². The first kappa shape index (κ1) is 33.6. The molecule has 0 bridgehead atoms. The average Bonchev–Trinajstić information content (AvgIpc) is 3.63. The van der Waals surface area contributed by atoms with E-state index in [4.69, 9.17) is 14.5 Å². The molecular formula is C39H41F2N5O4. The van der Waals surface area contributed by atoms with Crippen LogP contribution >= 0.6 is 0 Å². The molecule has 0 saturated heterocycles. The van der Waals surface area contributed by atoms with Gasteiger partial charge in [0.25, 0.3) is 0 Å². The normalized spacial score (nSPS) is 19.0. The number of para-hydroxylation sites is 1. The summed E-state index contributed by atoms with van der Waals surface area (Å²) in [6.45, 7) is 6.76. The number of imidazole rings is 1. The van der Waals surface area contributed by atoms with Crippen LogP contribution in [0.2, 0.25) is 0 Å². The maximum absolute atomic E-state index is 15.4. The van der Waals surface area contributed by atoms with Crippen LogP contribution in [-0.2, 0) is 16.6 Å². The molecule has 2 N–H and O–H groups in total. The fourth-order valence-corrected chi connectivity index (χ4v) is 7.38. The lowest BCUT2D eigenvalue weighted by molar-refractivity contribution is -0.112. The highest BCUT2D eigenvalue weighted by molar-refractivity contribution is 6.18. The first-order chi connectivity index (χ1) is 24.0. The summed E-state index contributed by atoms with van der Waals surface area (Å²) >= 11 is 0. The Morgan fingerprint density at radius 1 is 1.10 bits per heavy atom. The molecule has 0 unspecified atom stereocenters. The van der Waals surface area contributed by atoms with Crippen molar-refractivity contribution in [3.8, 4) is 16.9 Å². The number of benzene rings is 3. The zero-order chi connectivity index (χ0) is 35.3. The van der Waals surface area contributed by atoms with Gasteiger partial charge in [0.15, 0.2) is 11.5 Å².